The van der Waals surface area contributed by atoms with Gasteiger partial charge in [0.2, 0.25) is 5.95 Å². The van der Waals surface area contributed by atoms with Crippen LogP contribution in [0.15, 0.2) is 10.7 Å². The van der Waals surface area contributed by atoms with Crippen LogP contribution >= 0.6 is 15.9 Å². The Balaban J connectivity index is 2.40. The SMILES string of the molecule is CCOC(=O)CCNc1nc(N)cc(Br)n1. The van der Waals surface area contributed by atoms with E-state index in [1.165, 1.54) is 0 Å². The van der Waals surface area contributed by atoms with Crippen LogP contribution in [0.4, 0.5) is 11.8 Å². The lowest BCUT2D eigenvalue weighted by Crippen LogP contribution is -2.13. The largest absolute Gasteiger partial charge is 0.466 e. The van der Waals surface area contributed by atoms with Crippen molar-refractivity contribution in [2.45, 2.75) is 13.3 Å². The summed E-state index contributed by atoms with van der Waals surface area (Å²) in [6, 6.07) is 1.59. The zero-order chi connectivity index (χ0) is 12.0. The van der Waals surface area contributed by atoms with Gasteiger partial charge >= 0.3 is 5.97 Å². The van der Waals surface area contributed by atoms with Crippen LogP contribution < -0.4 is 11.1 Å². The van der Waals surface area contributed by atoms with E-state index in [0.29, 0.717) is 29.5 Å². The van der Waals surface area contributed by atoms with Crippen molar-refractivity contribution in [3.05, 3.63) is 10.7 Å². The molecule has 1 heterocycles. The summed E-state index contributed by atoms with van der Waals surface area (Å²) in [6.07, 6.45) is 0.267. The second-order valence-corrected chi connectivity index (χ2v) is 3.73. The average molecular weight is 289 g/mol. The number of carbonyl (C=O) groups excluding carboxylic acids is 1. The minimum Gasteiger partial charge on any atom is -0.466 e. The Morgan fingerprint density at radius 1 is 1.62 bits per heavy atom. The molecule has 0 unspecified atom stereocenters. The third-order valence-corrected chi connectivity index (χ3v) is 2.04. The van der Waals surface area contributed by atoms with Crippen molar-refractivity contribution in [3.63, 3.8) is 0 Å². The number of aromatic nitrogens is 2. The highest BCUT2D eigenvalue weighted by atomic mass is 79.9. The Morgan fingerprint density at radius 2 is 2.38 bits per heavy atom. The number of nitrogens with one attached hydrogen (secondary N) is 1. The highest BCUT2D eigenvalue weighted by Gasteiger charge is 2.03. The molecule has 1 aromatic heterocycles. The van der Waals surface area contributed by atoms with E-state index < -0.39 is 0 Å². The topological polar surface area (TPSA) is 90.1 Å². The molecule has 0 aliphatic heterocycles. The number of ether oxygens (including phenoxy) is 1. The van der Waals surface area contributed by atoms with Gasteiger partial charge in [-0.1, -0.05) is 0 Å². The molecule has 1 rings (SSSR count). The van der Waals surface area contributed by atoms with Gasteiger partial charge in [-0.2, -0.15) is 4.98 Å². The quantitative estimate of drug-likeness (QED) is 0.625. The van der Waals surface area contributed by atoms with E-state index in [1.807, 2.05) is 0 Å². The van der Waals surface area contributed by atoms with Gasteiger partial charge in [-0.3, -0.25) is 4.79 Å². The second kappa shape index (κ2) is 6.26. The lowest BCUT2D eigenvalue weighted by atomic mass is 10.4. The fraction of sp³-hybridized carbons (Fsp3) is 0.444. The van der Waals surface area contributed by atoms with Crippen molar-refractivity contribution in [1.29, 1.82) is 0 Å². The van der Waals surface area contributed by atoms with Crippen LogP contribution in [0.2, 0.25) is 0 Å². The van der Waals surface area contributed by atoms with E-state index in [2.05, 4.69) is 31.2 Å². The maximum absolute atomic E-state index is 11.0. The van der Waals surface area contributed by atoms with Gasteiger partial charge in [-0.05, 0) is 22.9 Å². The molecule has 16 heavy (non-hydrogen) atoms. The van der Waals surface area contributed by atoms with Crippen molar-refractivity contribution >= 4 is 33.7 Å². The molecule has 6 nitrogen and oxygen atoms in total. The van der Waals surface area contributed by atoms with E-state index >= 15 is 0 Å². The standard InChI is InChI=1S/C9H13BrN4O2/c1-2-16-8(15)3-4-12-9-13-6(10)5-7(11)14-9/h5H,2-4H2,1H3,(H3,11,12,13,14). The van der Waals surface area contributed by atoms with Crippen molar-refractivity contribution in [2.24, 2.45) is 0 Å². The Hall–Kier alpha value is -1.37. The predicted molar refractivity (Wildman–Crippen MR) is 63.9 cm³/mol. The summed E-state index contributed by atoms with van der Waals surface area (Å²) in [7, 11) is 0. The maximum atomic E-state index is 11.0. The van der Waals surface area contributed by atoms with Gasteiger partial charge in [0.25, 0.3) is 0 Å². The lowest BCUT2D eigenvalue weighted by Gasteiger charge is -2.05. The van der Waals surface area contributed by atoms with Crippen molar-refractivity contribution in [3.8, 4) is 0 Å². The summed E-state index contributed by atoms with van der Waals surface area (Å²) in [6.45, 7) is 2.57. The Bertz CT molecular complexity index is 352. The van der Waals surface area contributed by atoms with Gasteiger partial charge in [0, 0.05) is 12.6 Å². The average Bonchev–Trinajstić information content (AvgIpc) is 2.16. The number of halogens is 1. The molecule has 88 valence electrons. The molecular weight excluding hydrogens is 276 g/mol. The first-order valence-corrected chi connectivity index (χ1v) is 5.60. The molecule has 7 heteroatoms. The molecule has 0 aliphatic rings. The minimum absolute atomic E-state index is 0.252. The molecular formula is C9H13BrN4O2. The van der Waals surface area contributed by atoms with Gasteiger partial charge in [0.05, 0.1) is 13.0 Å². The molecule has 3 N–H and O–H groups in total. The fourth-order valence-electron chi connectivity index (χ4n) is 1.02. The van der Waals surface area contributed by atoms with Gasteiger partial charge in [-0.25, -0.2) is 4.98 Å². The van der Waals surface area contributed by atoms with E-state index in [0.717, 1.165) is 0 Å². The number of carbonyl (C=O) groups is 1. The zero-order valence-corrected chi connectivity index (χ0v) is 10.5. The fourth-order valence-corrected chi connectivity index (χ4v) is 1.43. The number of nitrogen functional groups attached to an aromatic ring is 1. The Kier molecular flexibility index (Phi) is 4.97. The number of esters is 1. The van der Waals surface area contributed by atoms with E-state index in [1.54, 1.807) is 13.0 Å². The monoisotopic (exact) mass is 288 g/mol. The zero-order valence-electron chi connectivity index (χ0n) is 8.86. The summed E-state index contributed by atoms with van der Waals surface area (Å²) < 4.78 is 5.37. The Labute approximate surface area is 102 Å². The lowest BCUT2D eigenvalue weighted by molar-refractivity contribution is -0.142. The number of anilines is 2. The normalized spacial score (nSPS) is 9.88. The van der Waals surface area contributed by atoms with Crippen LogP contribution in [0, 0.1) is 0 Å². The predicted octanol–water partition coefficient (Wildman–Crippen LogP) is 1.19. The van der Waals surface area contributed by atoms with Crippen LogP contribution in [-0.2, 0) is 9.53 Å². The van der Waals surface area contributed by atoms with Gasteiger partial charge in [0.1, 0.15) is 10.4 Å². The van der Waals surface area contributed by atoms with Crippen LogP contribution in [0.1, 0.15) is 13.3 Å². The summed E-state index contributed by atoms with van der Waals surface area (Å²) in [4.78, 5) is 19.0. The Morgan fingerprint density at radius 3 is 3.00 bits per heavy atom. The van der Waals surface area contributed by atoms with Crippen molar-refractivity contribution in [1.82, 2.24) is 9.97 Å². The molecule has 0 aliphatic carbocycles. The van der Waals surface area contributed by atoms with Crippen LogP contribution in [0.25, 0.3) is 0 Å². The number of nitrogens with two attached hydrogens (primary N) is 1. The first-order chi connectivity index (χ1) is 7.61. The van der Waals surface area contributed by atoms with E-state index in [4.69, 9.17) is 10.5 Å². The first-order valence-electron chi connectivity index (χ1n) is 4.81. The number of hydrogen-bond acceptors (Lipinski definition) is 6. The van der Waals surface area contributed by atoms with Crippen molar-refractivity contribution in [2.75, 3.05) is 24.2 Å². The second-order valence-electron chi connectivity index (χ2n) is 2.92. The molecule has 0 saturated carbocycles. The third-order valence-electron chi connectivity index (χ3n) is 1.63. The first kappa shape index (κ1) is 12.7. The number of rotatable bonds is 5. The number of nitrogens with zero attached hydrogens (tertiary/aromatic N) is 2. The highest BCUT2D eigenvalue weighted by molar-refractivity contribution is 9.10. The smallest absolute Gasteiger partial charge is 0.307 e. The molecule has 0 spiro atoms. The van der Waals surface area contributed by atoms with E-state index in [-0.39, 0.29) is 12.4 Å². The highest BCUT2D eigenvalue weighted by Crippen LogP contribution is 2.12. The summed E-state index contributed by atoms with van der Waals surface area (Å²) >= 11 is 3.20. The molecule has 0 aromatic carbocycles. The molecule has 0 bridgehead atoms. The van der Waals surface area contributed by atoms with Crippen molar-refractivity contribution < 1.29 is 9.53 Å². The summed E-state index contributed by atoms with van der Waals surface area (Å²) in [5.41, 5.74) is 5.53. The maximum Gasteiger partial charge on any atom is 0.307 e. The summed E-state index contributed by atoms with van der Waals surface area (Å²) in [5, 5.41) is 2.88. The van der Waals surface area contributed by atoms with Crippen LogP contribution in [-0.4, -0.2) is 29.1 Å². The third kappa shape index (κ3) is 4.43. The molecule has 0 radical (unpaired) electrons. The van der Waals surface area contributed by atoms with Crippen LogP contribution in [0.3, 0.4) is 0 Å². The molecule has 0 saturated heterocycles. The van der Waals surface area contributed by atoms with Gasteiger partial charge in [0.15, 0.2) is 0 Å². The van der Waals surface area contributed by atoms with E-state index in [9.17, 15) is 4.79 Å². The molecule has 1 aromatic rings. The molecule has 0 amide bonds. The van der Waals surface area contributed by atoms with Gasteiger partial charge < -0.3 is 15.8 Å². The molecule has 0 fully saturated rings. The number of hydrogen-bond donors (Lipinski definition) is 2. The van der Waals surface area contributed by atoms with Crippen LogP contribution in [0.5, 0.6) is 0 Å². The van der Waals surface area contributed by atoms with Gasteiger partial charge in [-0.15, -0.1) is 0 Å². The summed E-state index contributed by atoms with van der Waals surface area (Å²) in [5.74, 6) is 0.495. The molecule has 0 atom stereocenters. The minimum atomic E-state index is -0.252.